The molecule has 0 atom stereocenters. The molecule has 15 heavy (non-hydrogen) atoms. The smallest absolute Gasteiger partial charge is 0.324 e. The molecule has 2 rings (SSSR count). The van der Waals surface area contributed by atoms with E-state index in [4.69, 9.17) is 4.42 Å². The average molecular weight is 208 g/mol. The second-order valence-electron chi connectivity index (χ2n) is 2.77. The van der Waals surface area contributed by atoms with Crippen molar-refractivity contribution in [3.63, 3.8) is 0 Å². The molecule has 0 amide bonds. The van der Waals surface area contributed by atoms with Crippen LogP contribution in [0.25, 0.3) is 11.3 Å². The van der Waals surface area contributed by atoms with E-state index >= 15 is 0 Å². The van der Waals surface area contributed by atoms with Gasteiger partial charge in [-0.25, -0.2) is 4.98 Å². The SMILES string of the molecule is O=[N+]([O-])c1cc(-c2ccco2)cnc1F. The molecule has 6 heteroatoms. The molecule has 0 saturated heterocycles. The summed E-state index contributed by atoms with van der Waals surface area (Å²) in [6, 6.07) is 4.32. The van der Waals surface area contributed by atoms with Crippen LogP contribution in [0.1, 0.15) is 0 Å². The Morgan fingerprint density at radius 2 is 2.33 bits per heavy atom. The van der Waals surface area contributed by atoms with Crippen molar-refractivity contribution in [2.75, 3.05) is 0 Å². The van der Waals surface area contributed by atoms with Gasteiger partial charge in [0.2, 0.25) is 0 Å². The molecular formula is C9H5FN2O3. The topological polar surface area (TPSA) is 69.2 Å². The maximum absolute atomic E-state index is 12.9. The Kier molecular flexibility index (Phi) is 2.17. The molecule has 0 spiro atoms. The van der Waals surface area contributed by atoms with Crippen molar-refractivity contribution in [3.8, 4) is 11.3 Å². The number of nitrogens with zero attached hydrogens (tertiary/aromatic N) is 2. The first-order valence-electron chi connectivity index (χ1n) is 4.02. The molecule has 2 aromatic heterocycles. The molecule has 0 unspecified atom stereocenters. The van der Waals surface area contributed by atoms with Crippen LogP contribution < -0.4 is 0 Å². The molecule has 76 valence electrons. The summed E-state index contributed by atoms with van der Waals surface area (Å²) in [5.74, 6) is -0.694. The van der Waals surface area contributed by atoms with E-state index in [0.29, 0.717) is 11.3 Å². The van der Waals surface area contributed by atoms with Crippen molar-refractivity contribution < 1.29 is 13.7 Å². The first-order chi connectivity index (χ1) is 7.18. The molecule has 0 aliphatic heterocycles. The third-order valence-electron chi connectivity index (χ3n) is 1.82. The van der Waals surface area contributed by atoms with E-state index < -0.39 is 16.6 Å². The Morgan fingerprint density at radius 3 is 2.93 bits per heavy atom. The Morgan fingerprint density at radius 1 is 1.53 bits per heavy atom. The summed E-state index contributed by atoms with van der Waals surface area (Å²) in [5.41, 5.74) is -0.294. The minimum Gasteiger partial charge on any atom is -0.464 e. The van der Waals surface area contributed by atoms with Gasteiger partial charge < -0.3 is 4.42 Å². The van der Waals surface area contributed by atoms with Gasteiger partial charge in [-0.15, -0.1) is 0 Å². The highest BCUT2D eigenvalue weighted by Gasteiger charge is 2.17. The van der Waals surface area contributed by atoms with Gasteiger partial charge in [-0.1, -0.05) is 0 Å². The summed E-state index contributed by atoms with van der Waals surface area (Å²) in [7, 11) is 0. The Hall–Kier alpha value is -2.24. The first-order valence-corrected chi connectivity index (χ1v) is 4.02. The van der Waals surface area contributed by atoms with E-state index in [1.165, 1.54) is 12.5 Å². The second-order valence-corrected chi connectivity index (χ2v) is 2.77. The van der Waals surface area contributed by atoms with Gasteiger partial charge in [0.15, 0.2) is 0 Å². The lowest BCUT2D eigenvalue weighted by molar-refractivity contribution is -0.388. The zero-order chi connectivity index (χ0) is 10.8. The Bertz CT molecular complexity index is 496. The van der Waals surface area contributed by atoms with Gasteiger partial charge in [0, 0.05) is 17.8 Å². The quantitative estimate of drug-likeness (QED) is 0.431. The van der Waals surface area contributed by atoms with Gasteiger partial charge in [0.1, 0.15) is 5.76 Å². The number of aromatic nitrogens is 1. The van der Waals surface area contributed by atoms with Crippen molar-refractivity contribution in [2.45, 2.75) is 0 Å². The van der Waals surface area contributed by atoms with Crippen LogP contribution in [0, 0.1) is 16.1 Å². The van der Waals surface area contributed by atoms with Gasteiger partial charge in [-0.2, -0.15) is 4.39 Å². The maximum atomic E-state index is 12.9. The highest BCUT2D eigenvalue weighted by Crippen LogP contribution is 2.24. The fraction of sp³-hybridized carbons (Fsp3) is 0. The molecule has 2 heterocycles. The molecule has 0 aliphatic rings. The van der Waals surface area contributed by atoms with Gasteiger partial charge in [0.05, 0.1) is 11.2 Å². The van der Waals surface area contributed by atoms with E-state index in [0.717, 1.165) is 6.07 Å². The van der Waals surface area contributed by atoms with Crippen molar-refractivity contribution in [2.24, 2.45) is 0 Å². The van der Waals surface area contributed by atoms with Crippen LogP contribution in [0.2, 0.25) is 0 Å². The summed E-state index contributed by atoms with van der Waals surface area (Å²) in [6.45, 7) is 0. The second kappa shape index (κ2) is 3.49. The standard InChI is InChI=1S/C9H5FN2O3/c10-9-7(12(13)14)4-6(5-11-9)8-2-1-3-15-8/h1-5H. The fourth-order valence-electron chi connectivity index (χ4n) is 1.14. The van der Waals surface area contributed by atoms with Gasteiger partial charge in [-0.05, 0) is 12.1 Å². The van der Waals surface area contributed by atoms with E-state index in [1.807, 2.05) is 0 Å². The Labute approximate surface area is 83.3 Å². The highest BCUT2D eigenvalue weighted by atomic mass is 19.1. The predicted octanol–water partition coefficient (Wildman–Crippen LogP) is 2.39. The van der Waals surface area contributed by atoms with E-state index in [-0.39, 0.29) is 0 Å². The van der Waals surface area contributed by atoms with Crippen molar-refractivity contribution >= 4 is 5.69 Å². The van der Waals surface area contributed by atoms with Crippen LogP contribution in [0.4, 0.5) is 10.1 Å². The summed E-state index contributed by atoms with van der Waals surface area (Å²) in [6.07, 6.45) is 2.60. The van der Waals surface area contributed by atoms with Crippen LogP contribution in [-0.2, 0) is 0 Å². The van der Waals surface area contributed by atoms with Crippen LogP contribution in [-0.4, -0.2) is 9.91 Å². The molecule has 5 nitrogen and oxygen atoms in total. The molecule has 0 fully saturated rings. The number of hydrogen-bond acceptors (Lipinski definition) is 4. The summed E-state index contributed by atoms with van der Waals surface area (Å²) in [5, 5.41) is 10.4. The lowest BCUT2D eigenvalue weighted by Gasteiger charge is -1.96. The predicted molar refractivity (Wildman–Crippen MR) is 48.6 cm³/mol. The number of furan rings is 1. The summed E-state index contributed by atoms with van der Waals surface area (Å²) in [4.78, 5) is 12.9. The Balaban J connectivity index is 2.52. The minimum atomic E-state index is -1.10. The zero-order valence-corrected chi connectivity index (χ0v) is 7.38. The molecule has 0 aliphatic carbocycles. The lowest BCUT2D eigenvalue weighted by atomic mass is 10.2. The van der Waals surface area contributed by atoms with Gasteiger partial charge >= 0.3 is 5.69 Å². The molecule has 0 aromatic carbocycles. The van der Waals surface area contributed by atoms with E-state index in [1.54, 1.807) is 12.1 Å². The summed E-state index contributed by atoms with van der Waals surface area (Å²) < 4.78 is 17.9. The largest absolute Gasteiger partial charge is 0.464 e. The molecule has 0 bridgehead atoms. The third kappa shape index (κ3) is 1.69. The molecular weight excluding hydrogens is 203 g/mol. The van der Waals surface area contributed by atoms with Crippen LogP contribution >= 0.6 is 0 Å². The maximum Gasteiger partial charge on any atom is 0.324 e. The van der Waals surface area contributed by atoms with E-state index in [2.05, 4.69) is 4.98 Å². The van der Waals surface area contributed by atoms with Crippen molar-refractivity contribution in [1.29, 1.82) is 0 Å². The summed E-state index contributed by atoms with van der Waals surface area (Å²) >= 11 is 0. The third-order valence-corrected chi connectivity index (χ3v) is 1.82. The minimum absolute atomic E-state index is 0.369. The fourth-order valence-corrected chi connectivity index (χ4v) is 1.14. The highest BCUT2D eigenvalue weighted by molar-refractivity contribution is 5.59. The molecule has 0 N–H and O–H groups in total. The van der Waals surface area contributed by atoms with Gasteiger partial charge in [-0.3, -0.25) is 10.1 Å². The lowest BCUT2D eigenvalue weighted by Crippen LogP contribution is -1.95. The molecule has 2 aromatic rings. The number of hydrogen-bond donors (Lipinski definition) is 0. The van der Waals surface area contributed by atoms with Crippen LogP contribution in [0.3, 0.4) is 0 Å². The number of pyridine rings is 1. The molecule has 0 saturated carbocycles. The number of rotatable bonds is 2. The molecule has 0 radical (unpaired) electrons. The number of halogens is 1. The zero-order valence-electron chi connectivity index (χ0n) is 7.38. The van der Waals surface area contributed by atoms with Crippen molar-refractivity contribution in [3.05, 3.63) is 46.7 Å². The van der Waals surface area contributed by atoms with Crippen LogP contribution in [0.5, 0.6) is 0 Å². The van der Waals surface area contributed by atoms with Crippen molar-refractivity contribution in [1.82, 2.24) is 4.98 Å². The van der Waals surface area contributed by atoms with Crippen LogP contribution in [0.15, 0.2) is 35.1 Å². The number of nitro groups is 1. The monoisotopic (exact) mass is 208 g/mol. The average Bonchev–Trinajstić information content (AvgIpc) is 2.71. The first kappa shape index (κ1) is 9.32. The normalized spacial score (nSPS) is 10.2. The van der Waals surface area contributed by atoms with E-state index in [9.17, 15) is 14.5 Å². The van der Waals surface area contributed by atoms with Gasteiger partial charge in [0.25, 0.3) is 5.95 Å².